The Morgan fingerprint density at radius 2 is 1.84 bits per heavy atom. The highest BCUT2D eigenvalue weighted by Crippen LogP contribution is 2.41. The number of rotatable bonds is 5. The Morgan fingerprint density at radius 3 is 2.64 bits per heavy atom. The van der Waals surface area contributed by atoms with E-state index in [1.165, 1.54) is 23.1 Å². The molecule has 0 unspecified atom stereocenters. The zero-order chi connectivity index (χ0) is 17.2. The molecule has 4 nitrogen and oxygen atoms in total. The number of halogens is 1. The van der Waals surface area contributed by atoms with Crippen molar-refractivity contribution >= 4 is 50.6 Å². The minimum atomic E-state index is 0.0187. The number of hydrogen-bond acceptors (Lipinski definition) is 6. The summed E-state index contributed by atoms with van der Waals surface area (Å²) in [5.41, 5.74) is 0.669. The van der Waals surface area contributed by atoms with Gasteiger partial charge in [0.25, 0.3) is 11.1 Å². The van der Waals surface area contributed by atoms with Gasteiger partial charge in [0.15, 0.2) is 5.78 Å². The molecular weight excluding hydrogens is 376 g/mol. The summed E-state index contributed by atoms with van der Waals surface area (Å²) in [5.74, 6) is 0.636. The van der Waals surface area contributed by atoms with Crippen LogP contribution in [0.15, 0.2) is 64.2 Å². The summed E-state index contributed by atoms with van der Waals surface area (Å²) in [4.78, 5) is 12.9. The van der Waals surface area contributed by atoms with Gasteiger partial charge in [-0.3, -0.25) is 4.79 Å². The van der Waals surface area contributed by atoms with Gasteiger partial charge in [0.1, 0.15) is 4.88 Å². The maximum atomic E-state index is 12.1. The van der Waals surface area contributed by atoms with E-state index in [2.05, 4.69) is 10.2 Å². The van der Waals surface area contributed by atoms with Crippen LogP contribution in [0, 0.1) is 0 Å². The van der Waals surface area contributed by atoms with Gasteiger partial charge in [0.05, 0.1) is 10.8 Å². The first-order chi connectivity index (χ1) is 12.2. The monoisotopic (exact) mass is 386 g/mol. The van der Waals surface area contributed by atoms with Gasteiger partial charge in [-0.05, 0) is 6.07 Å². The Balaban J connectivity index is 1.52. The average Bonchev–Trinajstić information content (AvgIpc) is 3.25. The van der Waals surface area contributed by atoms with Crippen molar-refractivity contribution in [3.8, 4) is 10.8 Å². The first-order valence-electron chi connectivity index (χ1n) is 7.44. The Morgan fingerprint density at radius 1 is 1.08 bits per heavy atom. The molecule has 0 atom stereocenters. The van der Waals surface area contributed by atoms with E-state index in [0.717, 1.165) is 15.0 Å². The van der Waals surface area contributed by atoms with Crippen LogP contribution >= 0.6 is 34.7 Å². The number of ketones is 1. The number of thiophene rings is 1. The van der Waals surface area contributed by atoms with Gasteiger partial charge >= 0.3 is 0 Å². The molecule has 0 aliphatic carbocycles. The van der Waals surface area contributed by atoms with E-state index in [-0.39, 0.29) is 11.5 Å². The number of carbonyl (C=O) groups is 1. The molecule has 0 saturated heterocycles. The molecule has 0 bridgehead atoms. The van der Waals surface area contributed by atoms with Crippen molar-refractivity contribution in [3.05, 3.63) is 65.2 Å². The number of aromatic nitrogens is 2. The van der Waals surface area contributed by atoms with Gasteiger partial charge in [-0.25, -0.2) is 0 Å². The molecule has 0 fully saturated rings. The predicted octanol–water partition coefficient (Wildman–Crippen LogP) is 5.58. The number of Topliss-reactive ketones (excluding diaryl/α,β-unsaturated/α-hetero) is 1. The lowest BCUT2D eigenvalue weighted by molar-refractivity contribution is 0.102. The highest BCUT2D eigenvalue weighted by molar-refractivity contribution is 7.99. The van der Waals surface area contributed by atoms with Crippen molar-refractivity contribution in [1.29, 1.82) is 0 Å². The third-order valence-electron chi connectivity index (χ3n) is 3.56. The summed E-state index contributed by atoms with van der Waals surface area (Å²) in [5, 5.41) is 10.0. The largest absolute Gasteiger partial charge is 0.410 e. The van der Waals surface area contributed by atoms with Crippen LogP contribution in [-0.4, -0.2) is 21.7 Å². The molecule has 0 aliphatic rings. The van der Waals surface area contributed by atoms with E-state index in [0.29, 0.717) is 21.7 Å². The van der Waals surface area contributed by atoms with E-state index in [4.69, 9.17) is 16.0 Å². The molecule has 0 radical (unpaired) electrons. The Bertz CT molecular complexity index is 1040. The molecule has 0 amide bonds. The molecule has 4 aromatic rings. The third-order valence-corrected chi connectivity index (χ3v) is 6.04. The van der Waals surface area contributed by atoms with Crippen LogP contribution in [0.1, 0.15) is 10.4 Å². The first-order valence-corrected chi connectivity index (χ1v) is 9.62. The van der Waals surface area contributed by atoms with Crippen molar-refractivity contribution in [2.75, 3.05) is 5.75 Å². The maximum absolute atomic E-state index is 12.1. The highest BCUT2D eigenvalue weighted by atomic mass is 35.5. The minimum absolute atomic E-state index is 0.0187. The maximum Gasteiger partial charge on any atom is 0.277 e. The second-order valence-electron chi connectivity index (χ2n) is 5.19. The van der Waals surface area contributed by atoms with Crippen molar-refractivity contribution in [2.45, 2.75) is 5.22 Å². The molecule has 7 heteroatoms. The zero-order valence-electron chi connectivity index (χ0n) is 12.8. The molecule has 0 aliphatic heterocycles. The summed E-state index contributed by atoms with van der Waals surface area (Å²) >= 11 is 9.16. The number of fused-ring (bicyclic) bond motifs is 1. The predicted molar refractivity (Wildman–Crippen MR) is 102 cm³/mol. The second-order valence-corrected chi connectivity index (χ2v) is 7.55. The van der Waals surface area contributed by atoms with E-state index < -0.39 is 0 Å². The molecule has 0 saturated carbocycles. The molecule has 25 heavy (non-hydrogen) atoms. The lowest BCUT2D eigenvalue weighted by Gasteiger charge is -1.97. The normalized spacial score (nSPS) is 11.1. The summed E-state index contributed by atoms with van der Waals surface area (Å²) < 4.78 is 6.74. The van der Waals surface area contributed by atoms with Crippen molar-refractivity contribution < 1.29 is 9.21 Å². The van der Waals surface area contributed by atoms with Gasteiger partial charge in [-0.2, -0.15) is 0 Å². The molecule has 2 aromatic carbocycles. The third kappa shape index (κ3) is 3.33. The fraction of sp³-hybridized carbons (Fsp3) is 0.0556. The molecule has 124 valence electrons. The van der Waals surface area contributed by atoms with Gasteiger partial charge in [0, 0.05) is 15.6 Å². The van der Waals surface area contributed by atoms with Crippen LogP contribution < -0.4 is 0 Å². The summed E-state index contributed by atoms with van der Waals surface area (Å²) in [6.45, 7) is 0. The van der Waals surface area contributed by atoms with Crippen LogP contribution in [-0.2, 0) is 0 Å². The van der Waals surface area contributed by atoms with Gasteiger partial charge in [-0.1, -0.05) is 71.9 Å². The molecule has 0 spiro atoms. The molecule has 4 rings (SSSR count). The zero-order valence-corrected chi connectivity index (χ0v) is 15.2. The van der Waals surface area contributed by atoms with Crippen molar-refractivity contribution in [2.24, 2.45) is 0 Å². The summed E-state index contributed by atoms with van der Waals surface area (Å²) in [6, 6.07) is 17.0. The lowest BCUT2D eigenvalue weighted by Crippen LogP contribution is -2.01. The summed E-state index contributed by atoms with van der Waals surface area (Å²) in [6.07, 6.45) is 0. The lowest BCUT2D eigenvalue weighted by atomic mass is 10.2. The number of hydrogen-bond donors (Lipinski definition) is 0. The topological polar surface area (TPSA) is 56.0 Å². The fourth-order valence-electron chi connectivity index (χ4n) is 2.35. The molecule has 2 aromatic heterocycles. The van der Waals surface area contributed by atoms with Gasteiger partial charge in [-0.15, -0.1) is 21.5 Å². The number of benzene rings is 2. The average molecular weight is 387 g/mol. The van der Waals surface area contributed by atoms with E-state index in [1.807, 2.05) is 42.5 Å². The minimum Gasteiger partial charge on any atom is -0.410 e. The van der Waals surface area contributed by atoms with Crippen molar-refractivity contribution in [3.63, 3.8) is 0 Å². The van der Waals surface area contributed by atoms with Crippen LogP contribution in [0.25, 0.3) is 20.9 Å². The van der Waals surface area contributed by atoms with E-state index >= 15 is 0 Å². The van der Waals surface area contributed by atoms with Gasteiger partial charge in [0.2, 0.25) is 0 Å². The van der Waals surface area contributed by atoms with Gasteiger partial charge < -0.3 is 4.42 Å². The number of nitrogens with zero attached hydrogens (tertiary/aromatic N) is 2. The number of carbonyl (C=O) groups excluding carboxylic acids is 1. The quantitative estimate of drug-likeness (QED) is 0.331. The molecule has 2 heterocycles. The smallest absolute Gasteiger partial charge is 0.277 e. The Kier molecular flexibility index (Phi) is 4.57. The van der Waals surface area contributed by atoms with E-state index in [1.54, 1.807) is 12.1 Å². The van der Waals surface area contributed by atoms with Crippen LogP contribution in [0.4, 0.5) is 0 Å². The van der Waals surface area contributed by atoms with Crippen LogP contribution in [0.2, 0.25) is 5.02 Å². The molecule has 0 N–H and O–H groups in total. The number of thioether (sulfide) groups is 1. The Labute approximate surface area is 156 Å². The Hall–Kier alpha value is -2.15. The molecular formula is C18H11ClN2O2S2. The fourth-order valence-corrected chi connectivity index (χ4v) is 4.44. The van der Waals surface area contributed by atoms with E-state index in [9.17, 15) is 4.79 Å². The van der Waals surface area contributed by atoms with Crippen molar-refractivity contribution in [1.82, 2.24) is 10.2 Å². The highest BCUT2D eigenvalue weighted by Gasteiger charge is 2.18. The first kappa shape index (κ1) is 16.3. The standard InChI is InChI=1S/C18H11ClN2O2S2/c19-15-12-8-4-5-9-14(12)25-16(15)17-20-21-18(23-17)24-10-13(22)11-6-2-1-3-7-11/h1-9H,10H2. The SMILES string of the molecule is O=C(CSc1nnc(-c2sc3ccccc3c2Cl)o1)c1ccccc1. The van der Waals surface area contributed by atoms with Crippen LogP contribution in [0.3, 0.4) is 0 Å². The summed E-state index contributed by atoms with van der Waals surface area (Å²) in [7, 11) is 0. The van der Waals surface area contributed by atoms with Crippen LogP contribution in [0.5, 0.6) is 0 Å². The second kappa shape index (κ2) is 7.00.